The number of carbonyl (C=O) groups excluding carboxylic acids is 1. The lowest BCUT2D eigenvalue weighted by Crippen LogP contribution is -2.44. The molecule has 0 bridgehead atoms. The molecule has 3 atom stereocenters. The van der Waals surface area contributed by atoms with Gasteiger partial charge in [-0.15, -0.1) is 0 Å². The van der Waals surface area contributed by atoms with E-state index in [-0.39, 0.29) is 24.2 Å². The first kappa shape index (κ1) is 15.2. The van der Waals surface area contributed by atoms with Crippen LogP contribution in [0.1, 0.15) is 29.2 Å². The van der Waals surface area contributed by atoms with Crippen molar-refractivity contribution in [2.24, 2.45) is 0 Å². The van der Waals surface area contributed by atoms with Gasteiger partial charge < -0.3 is 18.8 Å². The highest BCUT2D eigenvalue weighted by Gasteiger charge is 2.48. The number of likely N-dealkylation sites (tertiary alicyclic amines) is 1. The topological polar surface area (TPSA) is 64.8 Å². The highest BCUT2D eigenvalue weighted by Crippen LogP contribution is 2.32. The molecule has 2 saturated heterocycles. The van der Waals surface area contributed by atoms with Crippen LogP contribution in [-0.4, -0.2) is 47.2 Å². The second-order valence-electron chi connectivity index (χ2n) is 6.24. The van der Waals surface area contributed by atoms with E-state index in [2.05, 4.69) is 4.98 Å². The van der Waals surface area contributed by atoms with Crippen molar-refractivity contribution >= 4 is 5.91 Å². The van der Waals surface area contributed by atoms with Gasteiger partial charge in [-0.25, -0.2) is 4.98 Å². The Morgan fingerprint density at radius 2 is 2.25 bits per heavy atom. The Kier molecular flexibility index (Phi) is 3.98. The summed E-state index contributed by atoms with van der Waals surface area (Å²) in [7, 11) is 0. The van der Waals surface area contributed by atoms with Crippen molar-refractivity contribution in [3.63, 3.8) is 0 Å². The van der Waals surface area contributed by atoms with Gasteiger partial charge in [-0.05, 0) is 38.0 Å². The minimum atomic E-state index is -0.217. The first-order valence-electron chi connectivity index (χ1n) is 8.29. The molecule has 6 heteroatoms. The number of hydrogen-bond acceptors (Lipinski definition) is 5. The Morgan fingerprint density at radius 3 is 3.00 bits per heavy atom. The Bertz CT molecular complexity index is 715. The molecule has 0 N–H and O–H groups in total. The van der Waals surface area contributed by atoms with Crippen molar-refractivity contribution in [3.8, 4) is 5.88 Å². The van der Waals surface area contributed by atoms with Crippen LogP contribution in [0.2, 0.25) is 0 Å². The average Bonchev–Trinajstić information content (AvgIpc) is 3.20. The molecule has 2 aliphatic rings. The van der Waals surface area contributed by atoms with Crippen LogP contribution in [0.25, 0.3) is 0 Å². The van der Waals surface area contributed by atoms with Gasteiger partial charge in [-0.2, -0.15) is 0 Å². The summed E-state index contributed by atoms with van der Waals surface area (Å²) in [4.78, 5) is 18.9. The van der Waals surface area contributed by atoms with E-state index in [9.17, 15) is 4.79 Å². The van der Waals surface area contributed by atoms with Crippen LogP contribution in [0.4, 0.5) is 0 Å². The zero-order valence-electron chi connectivity index (χ0n) is 13.6. The Hall–Kier alpha value is -2.34. The molecule has 24 heavy (non-hydrogen) atoms. The van der Waals surface area contributed by atoms with Gasteiger partial charge in [-0.3, -0.25) is 4.79 Å². The van der Waals surface area contributed by atoms with Gasteiger partial charge in [0, 0.05) is 18.9 Å². The molecule has 2 aliphatic heterocycles. The molecule has 0 aromatic carbocycles. The quantitative estimate of drug-likeness (QED) is 0.866. The summed E-state index contributed by atoms with van der Waals surface area (Å²) in [6, 6.07) is 9.09. The summed E-state index contributed by atoms with van der Waals surface area (Å²) in [5.41, 5.74) is 0. The van der Waals surface area contributed by atoms with Crippen LogP contribution in [0.5, 0.6) is 5.88 Å². The molecule has 4 heterocycles. The lowest BCUT2D eigenvalue weighted by molar-refractivity contribution is -0.0456. The minimum Gasteiger partial charge on any atom is -0.470 e. The fourth-order valence-electron chi connectivity index (χ4n) is 3.51. The lowest BCUT2D eigenvalue weighted by atomic mass is 10.0. The van der Waals surface area contributed by atoms with Gasteiger partial charge >= 0.3 is 0 Å². The Labute approximate surface area is 140 Å². The first-order valence-corrected chi connectivity index (χ1v) is 8.29. The maximum absolute atomic E-state index is 12.8. The summed E-state index contributed by atoms with van der Waals surface area (Å²) >= 11 is 0. The van der Waals surface area contributed by atoms with Crippen LogP contribution in [0.3, 0.4) is 0 Å². The minimum absolute atomic E-state index is 0.0189. The first-order chi connectivity index (χ1) is 11.7. The fourth-order valence-corrected chi connectivity index (χ4v) is 3.51. The second kappa shape index (κ2) is 6.28. The van der Waals surface area contributed by atoms with E-state index in [1.807, 2.05) is 30.0 Å². The predicted molar refractivity (Wildman–Crippen MR) is 85.9 cm³/mol. The molecule has 2 aromatic heterocycles. The van der Waals surface area contributed by atoms with Crippen LogP contribution in [0.15, 0.2) is 40.9 Å². The van der Waals surface area contributed by atoms with E-state index in [1.165, 1.54) is 0 Å². The normalized spacial score (nSPS) is 26.2. The van der Waals surface area contributed by atoms with Crippen LogP contribution in [0, 0.1) is 6.92 Å². The smallest absolute Gasteiger partial charge is 0.290 e. The van der Waals surface area contributed by atoms with E-state index in [0.29, 0.717) is 24.8 Å². The molecule has 4 rings (SSSR count). The van der Waals surface area contributed by atoms with E-state index in [4.69, 9.17) is 13.9 Å². The molecule has 0 radical (unpaired) electrons. The number of ether oxygens (including phenoxy) is 2. The highest BCUT2D eigenvalue weighted by molar-refractivity contribution is 5.92. The molecular weight excluding hydrogens is 308 g/mol. The fraction of sp³-hybridized carbons (Fsp3) is 0.444. The number of nitrogens with zero attached hydrogens (tertiary/aromatic N) is 2. The van der Waals surface area contributed by atoms with Crippen LogP contribution >= 0.6 is 0 Å². The molecule has 6 nitrogen and oxygen atoms in total. The number of rotatable bonds is 3. The summed E-state index contributed by atoms with van der Waals surface area (Å²) in [6.07, 6.45) is 3.21. The van der Waals surface area contributed by atoms with Crippen LogP contribution < -0.4 is 4.74 Å². The summed E-state index contributed by atoms with van der Waals surface area (Å²) in [5, 5.41) is 0. The lowest BCUT2D eigenvalue weighted by Gasteiger charge is -2.31. The van der Waals surface area contributed by atoms with Crippen molar-refractivity contribution in [2.75, 3.05) is 13.2 Å². The number of aromatic nitrogens is 1. The molecule has 0 aliphatic carbocycles. The second-order valence-corrected chi connectivity index (χ2v) is 6.24. The Balaban J connectivity index is 1.56. The van der Waals surface area contributed by atoms with Crippen molar-refractivity contribution in [3.05, 3.63) is 48.0 Å². The SMILES string of the molecule is Cc1ccc(C(=O)N2C[C@H](Oc3ccccn3)[C@H]3OCCC[C@H]32)o1. The van der Waals surface area contributed by atoms with Gasteiger partial charge in [0.2, 0.25) is 5.88 Å². The van der Waals surface area contributed by atoms with Crippen molar-refractivity contribution in [1.82, 2.24) is 9.88 Å². The molecule has 0 spiro atoms. The third kappa shape index (κ3) is 2.78. The van der Waals surface area contributed by atoms with Gasteiger partial charge in [0.25, 0.3) is 5.91 Å². The van der Waals surface area contributed by atoms with E-state index in [0.717, 1.165) is 18.6 Å². The number of carbonyl (C=O) groups is 1. The largest absolute Gasteiger partial charge is 0.470 e. The molecule has 0 unspecified atom stereocenters. The summed E-state index contributed by atoms with van der Waals surface area (Å²) in [6.45, 7) is 3.01. The zero-order valence-corrected chi connectivity index (χ0v) is 13.6. The van der Waals surface area contributed by atoms with E-state index >= 15 is 0 Å². The maximum atomic E-state index is 12.8. The summed E-state index contributed by atoms with van der Waals surface area (Å²) in [5.74, 6) is 1.56. The Morgan fingerprint density at radius 1 is 1.33 bits per heavy atom. The van der Waals surface area contributed by atoms with Gasteiger partial charge in [-0.1, -0.05) is 6.07 Å². The molecule has 1 amide bonds. The van der Waals surface area contributed by atoms with Crippen molar-refractivity contribution in [1.29, 1.82) is 0 Å². The zero-order chi connectivity index (χ0) is 16.5. The van der Waals surface area contributed by atoms with Crippen molar-refractivity contribution < 1.29 is 18.7 Å². The monoisotopic (exact) mass is 328 g/mol. The highest BCUT2D eigenvalue weighted by atomic mass is 16.5. The summed E-state index contributed by atoms with van der Waals surface area (Å²) < 4.78 is 17.4. The maximum Gasteiger partial charge on any atom is 0.290 e. The number of aryl methyl sites for hydroxylation is 1. The van der Waals surface area contributed by atoms with Gasteiger partial charge in [0.05, 0.1) is 12.6 Å². The molecule has 2 fully saturated rings. The molecular formula is C18H20N2O4. The number of hydrogen-bond donors (Lipinski definition) is 0. The molecule has 126 valence electrons. The standard InChI is InChI=1S/C18H20N2O4/c1-12-7-8-14(23-12)18(21)20-11-15(17-13(20)5-4-10-22-17)24-16-6-2-3-9-19-16/h2-3,6-9,13,15,17H,4-5,10-11H2,1H3/t13-,15+,17+/m1/s1. The van der Waals surface area contributed by atoms with E-state index in [1.54, 1.807) is 18.3 Å². The number of amides is 1. The van der Waals surface area contributed by atoms with E-state index < -0.39 is 0 Å². The van der Waals surface area contributed by atoms with Gasteiger partial charge in [0.1, 0.15) is 18.0 Å². The molecule has 0 saturated carbocycles. The van der Waals surface area contributed by atoms with Crippen molar-refractivity contribution in [2.45, 2.75) is 38.0 Å². The number of pyridine rings is 1. The predicted octanol–water partition coefficient (Wildman–Crippen LogP) is 2.43. The van der Waals surface area contributed by atoms with Crippen LogP contribution in [-0.2, 0) is 4.74 Å². The average molecular weight is 328 g/mol. The third-order valence-corrected chi connectivity index (χ3v) is 4.60. The van der Waals surface area contributed by atoms with Gasteiger partial charge in [0.15, 0.2) is 5.76 Å². The number of fused-ring (bicyclic) bond motifs is 1. The number of furan rings is 1. The third-order valence-electron chi connectivity index (χ3n) is 4.60. The molecule has 2 aromatic rings.